The molecule has 0 spiro atoms. The molecule has 102 valence electrons. The van der Waals surface area contributed by atoms with Gasteiger partial charge < -0.3 is 4.74 Å². The van der Waals surface area contributed by atoms with Crippen LogP contribution in [0.1, 0.15) is 5.69 Å². The van der Waals surface area contributed by atoms with Gasteiger partial charge in [0.25, 0.3) is 0 Å². The van der Waals surface area contributed by atoms with E-state index in [1.54, 1.807) is 0 Å². The smallest absolute Gasteiger partial charge is 0.432 e. The van der Waals surface area contributed by atoms with Crippen molar-refractivity contribution in [1.82, 2.24) is 4.98 Å². The third kappa shape index (κ3) is 2.86. The molecule has 0 unspecified atom stereocenters. The number of rotatable bonds is 2. The highest BCUT2D eigenvalue weighted by atomic mass is 35.5. The molecule has 8 heteroatoms. The van der Waals surface area contributed by atoms with Crippen LogP contribution in [0.5, 0.6) is 5.75 Å². The predicted molar refractivity (Wildman–Crippen MR) is 58.4 cm³/mol. The Morgan fingerprint density at radius 2 is 1.89 bits per heavy atom. The lowest BCUT2D eigenvalue weighted by Gasteiger charge is -2.11. The zero-order valence-electron chi connectivity index (χ0n) is 9.01. The van der Waals surface area contributed by atoms with Gasteiger partial charge in [-0.05, 0) is 12.1 Å². The molecule has 2 aromatic rings. The first-order valence-electron chi connectivity index (χ1n) is 4.90. The molecule has 0 fully saturated rings. The minimum Gasteiger partial charge on any atom is -0.432 e. The number of hydrogen-bond acceptors (Lipinski definition) is 2. The van der Waals surface area contributed by atoms with Gasteiger partial charge in [-0.2, -0.15) is 22.0 Å². The largest absolute Gasteiger partial charge is 0.433 e. The van der Waals surface area contributed by atoms with E-state index in [0.717, 1.165) is 6.07 Å². The van der Waals surface area contributed by atoms with Gasteiger partial charge in [0.2, 0.25) is 0 Å². The number of benzene rings is 1. The van der Waals surface area contributed by atoms with Crippen LogP contribution >= 0.6 is 11.6 Å². The second-order valence-electron chi connectivity index (χ2n) is 3.52. The summed E-state index contributed by atoms with van der Waals surface area (Å²) in [6.07, 6.45) is -4.73. The molecule has 0 aliphatic carbocycles. The molecular formula is C11H5ClF5NO. The number of para-hydroxylation sites is 1. The normalized spacial score (nSPS) is 12.2. The Kier molecular flexibility index (Phi) is 3.49. The summed E-state index contributed by atoms with van der Waals surface area (Å²) in [6.45, 7) is -3.17. The quantitative estimate of drug-likeness (QED) is 0.761. The zero-order chi connectivity index (χ0) is 14.2. The van der Waals surface area contributed by atoms with Gasteiger partial charge in [0.05, 0.1) is 5.02 Å². The van der Waals surface area contributed by atoms with Gasteiger partial charge in [0, 0.05) is 5.39 Å². The van der Waals surface area contributed by atoms with E-state index in [9.17, 15) is 22.0 Å². The number of nitrogens with zero attached hydrogens (tertiary/aromatic N) is 1. The lowest BCUT2D eigenvalue weighted by molar-refractivity contribution is -0.140. The number of hydrogen-bond donors (Lipinski definition) is 0. The fourth-order valence-electron chi connectivity index (χ4n) is 1.52. The minimum atomic E-state index is -4.73. The van der Waals surface area contributed by atoms with Crippen molar-refractivity contribution in [3.63, 3.8) is 0 Å². The van der Waals surface area contributed by atoms with E-state index in [-0.39, 0.29) is 15.9 Å². The Hall–Kier alpha value is -1.63. The Bertz CT molecular complexity index is 614. The Morgan fingerprint density at radius 1 is 1.21 bits per heavy atom. The molecule has 0 atom stereocenters. The van der Waals surface area contributed by atoms with Crippen LogP contribution in [0.25, 0.3) is 10.9 Å². The minimum absolute atomic E-state index is 0.104. The van der Waals surface area contributed by atoms with E-state index in [0.29, 0.717) is 6.07 Å². The first-order valence-corrected chi connectivity index (χ1v) is 5.28. The topological polar surface area (TPSA) is 22.1 Å². The molecule has 0 saturated carbocycles. The highest BCUT2D eigenvalue weighted by Crippen LogP contribution is 2.36. The average molecular weight is 298 g/mol. The van der Waals surface area contributed by atoms with Crippen molar-refractivity contribution in [2.24, 2.45) is 0 Å². The van der Waals surface area contributed by atoms with Crippen molar-refractivity contribution >= 4 is 22.5 Å². The molecule has 0 N–H and O–H groups in total. The van der Waals surface area contributed by atoms with Crippen molar-refractivity contribution in [1.29, 1.82) is 0 Å². The lowest BCUT2D eigenvalue weighted by atomic mass is 10.2. The number of halogens is 6. The fraction of sp³-hybridized carbons (Fsp3) is 0.182. The molecule has 0 amide bonds. The predicted octanol–water partition coefficient (Wildman–Crippen LogP) is 4.51. The Balaban J connectivity index is 2.69. The summed E-state index contributed by atoms with van der Waals surface area (Å²) in [5.74, 6) is -0.458. The van der Waals surface area contributed by atoms with Gasteiger partial charge >= 0.3 is 12.8 Å². The summed E-state index contributed by atoms with van der Waals surface area (Å²) in [4.78, 5) is 3.29. The average Bonchev–Trinajstić information content (AvgIpc) is 2.28. The van der Waals surface area contributed by atoms with Crippen molar-refractivity contribution in [2.45, 2.75) is 12.8 Å². The number of aromatic nitrogens is 1. The molecular weight excluding hydrogens is 293 g/mol. The highest BCUT2D eigenvalue weighted by Gasteiger charge is 2.33. The van der Waals surface area contributed by atoms with Crippen LogP contribution in [0.3, 0.4) is 0 Å². The molecule has 19 heavy (non-hydrogen) atoms. The van der Waals surface area contributed by atoms with Gasteiger partial charge in [-0.25, -0.2) is 4.98 Å². The van der Waals surface area contributed by atoms with Gasteiger partial charge in [-0.1, -0.05) is 23.7 Å². The SMILES string of the molecule is FC(F)Oc1cccc2c(Cl)cc(C(F)(F)F)nc12. The summed E-state index contributed by atoms with van der Waals surface area (Å²) in [6, 6.07) is 4.43. The van der Waals surface area contributed by atoms with E-state index >= 15 is 0 Å². The maximum atomic E-state index is 12.6. The second-order valence-corrected chi connectivity index (χ2v) is 3.93. The van der Waals surface area contributed by atoms with Crippen LogP contribution in [0.4, 0.5) is 22.0 Å². The van der Waals surface area contributed by atoms with Gasteiger partial charge in [0.15, 0.2) is 5.75 Å². The second kappa shape index (κ2) is 4.80. The first kappa shape index (κ1) is 13.8. The maximum Gasteiger partial charge on any atom is 0.433 e. The van der Waals surface area contributed by atoms with E-state index in [1.165, 1.54) is 12.1 Å². The molecule has 2 nitrogen and oxygen atoms in total. The molecule has 0 aliphatic rings. The molecule has 0 radical (unpaired) electrons. The van der Waals surface area contributed by atoms with Crippen molar-refractivity contribution in [3.8, 4) is 5.75 Å². The molecule has 1 aromatic carbocycles. The molecule has 1 aromatic heterocycles. The summed E-state index contributed by atoms with van der Waals surface area (Å²) in [5, 5.41) is -0.134. The first-order chi connectivity index (χ1) is 8.79. The van der Waals surface area contributed by atoms with Gasteiger partial charge in [-0.3, -0.25) is 0 Å². The molecule has 0 saturated heterocycles. The van der Waals surface area contributed by atoms with E-state index in [2.05, 4.69) is 9.72 Å². The van der Waals surface area contributed by atoms with Crippen LogP contribution in [-0.2, 0) is 6.18 Å². The van der Waals surface area contributed by atoms with Crippen molar-refractivity contribution < 1.29 is 26.7 Å². The van der Waals surface area contributed by atoms with Crippen LogP contribution in [0.15, 0.2) is 24.3 Å². The molecule has 0 aliphatic heterocycles. The van der Waals surface area contributed by atoms with Crippen molar-refractivity contribution in [2.75, 3.05) is 0 Å². The molecule has 0 bridgehead atoms. The Morgan fingerprint density at radius 3 is 2.47 bits per heavy atom. The maximum absolute atomic E-state index is 12.6. The molecule has 2 rings (SSSR count). The standard InChI is InChI=1S/C11H5ClF5NO/c12-6-4-8(11(15,16)17)18-9-5(6)2-1-3-7(9)19-10(13)14/h1-4,10H. The van der Waals surface area contributed by atoms with Crippen LogP contribution in [0.2, 0.25) is 5.02 Å². The van der Waals surface area contributed by atoms with Crippen LogP contribution in [-0.4, -0.2) is 11.6 Å². The number of pyridine rings is 1. The fourth-order valence-corrected chi connectivity index (χ4v) is 1.77. The third-order valence-electron chi connectivity index (χ3n) is 2.26. The third-order valence-corrected chi connectivity index (χ3v) is 2.57. The number of alkyl halides is 5. The van der Waals surface area contributed by atoms with E-state index in [1.807, 2.05) is 0 Å². The lowest BCUT2D eigenvalue weighted by Crippen LogP contribution is -2.09. The van der Waals surface area contributed by atoms with E-state index < -0.39 is 24.2 Å². The number of ether oxygens (including phenoxy) is 1. The zero-order valence-corrected chi connectivity index (χ0v) is 9.77. The summed E-state index contributed by atoms with van der Waals surface area (Å²) >= 11 is 5.69. The monoisotopic (exact) mass is 297 g/mol. The van der Waals surface area contributed by atoms with Gasteiger partial charge in [0.1, 0.15) is 11.2 Å². The molecule has 1 heterocycles. The summed E-state index contributed by atoms with van der Waals surface area (Å²) in [7, 11) is 0. The van der Waals surface area contributed by atoms with Gasteiger partial charge in [-0.15, -0.1) is 0 Å². The Labute approximate surface area is 108 Å². The summed E-state index contributed by atoms with van der Waals surface area (Å²) < 4.78 is 66.2. The van der Waals surface area contributed by atoms with E-state index in [4.69, 9.17) is 11.6 Å². The van der Waals surface area contributed by atoms with Crippen LogP contribution in [0, 0.1) is 0 Å². The summed E-state index contributed by atoms with van der Waals surface area (Å²) in [5.41, 5.74) is -1.63. The number of fused-ring (bicyclic) bond motifs is 1. The van der Waals surface area contributed by atoms with Crippen LogP contribution < -0.4 is 4.74 Å². The van der Waals surface area contributed by atoms with Crippen molar-refractivity contribution in [3.05, 3.63) is 35.0 Å². The highest BCUT2D eigenvalue weighted by molar-refractivity contribution is 6.35.